The Hall–Kier alpha value is -0.350. The van der Waals surface area contributed by atoms with E-state index >= 15 is 0 Å². The summed E-state index contributed by atoms with van der Waals surface area (Å²) >= 11 is 3.71. The van der Waals surface area contributed by atoms with Gasteiger partial charge in [0.15, 0.2) is 0 Å². The van der Waals surface area contributed by atoms with Crippen molar-refractivity contribution in [2.75, 3.05) is 6.54 Å². The molecule has 4 heteroatoms. The normalized spacial score (nSPS) is 26.9. The Morgan fingerprint density at radius 2 is 2.15 bits per heavy atom. The van der Waals surface area contributed by atoms with Gasteiger partial charge in [-0.25, -0.2) is 0 Å². The zero-order valence-electron chi connectivity index (χ0n) is 13.2. The first-order chi connectivity index (χ1) is 9.52. The summed E-state index contributed by atoms with van der Waals surface area (Å²) in [6.07, 6.45) is 6.36. The first kappa shape index (κ1) is 16.0. The molecule has 1 aromatic heterocycles. The van der Waals surface area contributed by atoms with Crippen LogP contribution in [0.15, 0.2) is 4.47 Å². The molecule has 1 heterocycles. The highest BCUT2D eigenvalue weighted by atomic mass is 79.9. The molecule has 1 N–H and O–H groups in total. The van der Waals surface area contributed by atoms with Crippen LogP contribution in [0.4, 0.5) is 0 Å². The van der Waals surface area contributed by atoms with Gasteiger partial charge in [-0.1, -0.05) is 13.8 Å². The predicted octanol–water partition coefficient (Wildman–Crippen LogP) is 3.84. The fraction of sp³-hybridized carbons (Fsp3) is 0.812. The average molecular weight is 342 g/mol. The van der Waals surface area contributed by atoms with Crippen molar-refractivity contribution in [3.63, 3.8) is 0 Å². The number of aromatic nitrogens is 2. The third-order valence-corrected chi connectivity index (χ3v) is 5.65. The fourth-order valence-electron chi connectivity index (χ4n) is 3.47. The van der Waals surface area contributed by atoms with Crippen LogP contribution < -0.4 is 5.32 Å². The molecule has 0 saturated heterocycles. The van der Waals surface area contributed by atoms with E-state index < -0.39 is 0 Å². The number of halogens is 1. The van der Waals surface area contributed by atoms with Gasteiger partial charge >= 0.3 is 0 Å². The highest BCUT2D eigenvalue weighted by Gasteiger charge is 2.29. The second-order valence-corrected chi connectivity index (χ2v) is 7.21. The molecular formula is C16H28BrN3. The molecule has 3 nitrogen and oxygen atoms in total. The van der Waals surface area contributed by atoms with Crippen LogP contribution in [-0.2, 0) is 13.5 Å². The molecule has 1 fully saturated rings. The van der Waals surface area contributed by atoms with Crippen molar-refractivity contribution < 1.29 is 0 Å². The number of aryl methyl sites for hydroxylation is 2. The van der Waals surface area contributed by atoms with Gasteiger partial charge in [-0.05, 0) is 73.3 Å². The quantitative estimate of drug-likeness (QED) is 0.881. The van der Waals surface area contributed by atoms with Crippen molar-refractivity contribution in [1.29, 1.82) is 0 Å². The minimum Gasteiger partial charge on any atom is -0.314 e. The Balaban J connectivity index is 2.10. The zero-order chi connectivity index (χ0) is 14.7. The SMILES string of the molecule is CCCNC1CCC(C)CC1Cc1c(Br)c(C)nn1C. The largest absolute Gasteiger partial charge is 0.314 e. The summed E-state index contributed by atoms with van der Waals surface area (Å²) in [4.78, 5) is 0. The number of hydrogen-bond donors (Lipinski definition) is 1. The highest BCUT2D eigenvalue weighted by Crippen LogP contribution is 2.33. The van der Waals surface area contributed by atoms with E-state index in [0.717, 1.165) is 30.5 Å². The second-order valence-electron chi connectivity index (χ2n) is 6.41. The minimum absolute atomic E-state index is 0.674. The smallest absolute Gasteiger partial charge is 0.0738 e. The molecule has 0 aromatic carbocycles. The van der Waals surface area contributed by atoms with Crippen LogP contribution in [0.25, 0.3) is 0 Å². The third kappa shape index (κ3) is 3.64. The van der Waals surface area contributed by atoms with Crippen LogP contribution in [0.5, 0.6) is 0 Å². The molecule has 3 atom stereocenters. The Bertz CT molecular complexity index is 439. The van der Waals surface area contributed by atoms with Crippen molar-refractivity contribution in [3.05, 3.63) is 15.9 Å². The molecule has 1 aromatic rings. The van der Waals surface area contributed by atoms with E-state index in [2.05, 4.69) is 58.8 Å². The molecule has 2 rings (SSSR count). The summed E-state index contributed by atoms with van der Waals surface area (Å²) in [5, 5.41) is 8.29. The van der Waals surface area contributed by atoms with Gasteiger partial charge in [0.25, 0.3) is 0 Å². The number of hydrogen-bond acceptors (Lipinski definition) is 2. The van der Waals surface area contributed by atoms with Gasteiger partial charge in [-0.3, -0.25) is 4.68 Å². The van der Waals surface area contributed by atoms with Gasteiger partial charge in [-0.15, -0.1) is 0 Å². The Morgan fingerprint density at radius 3 is 2.75 bits per heavy atom. The minimum atomic E-state index is 0.674. The first-order valence-electron chi connectivity index (χ1n) is 7.94. The summed E-state index contributed by atoms with van der Waals surface area (Å²) in [6.45, 7) is 7.85. The first-order valence-corrected chi connectivity index (χ1v) is 8.73. The Kier molecular flexibility index (Phi) is 5.67. The van der Waals surface area contributed by atoms with Crippen molar-refractivity contribution in [1.82, 2.24) is 15.1 Å². The average Bonchev–Trinajstić information content (AvgIpc) is 2.64. The van der Waals surface area contributed by atoms with Crippen LogP contribution in [0.3, 0.4) is 0 Å². The van der Waals surface area contributed by atoms with E-state index in [0.29, 0.717) is 6.04 Å². The molecule has 0 radical (unpaired) electrons. The maximum Gasteiger partial charge on any atom is 0.0738 e. The lowest BCUT2D eigenvalue weighted by atomic mass is 9.76. The zero-order valence-corrected chi connectivity index (χ0v) is 14.8. The van der Waals surface area contributed by atoms with Gasteiger partial charge in [0.1, 0.15) is 0 Å². The molecule has 0 spiro atoms. The summed E-state index contributed by atoms with van der Waals surface area (Å²) in [6, 6.07) is 0.674. The van der Waals surface area contributed by atoms with Crippen molar-refractivity contribution in [3.8, 4) is 0 Å². The van der Waals surface area contributed by atoms with E-state index in [9.17, 15) is 0 Å². The number of rotatable bonds is 5. The van der Waals surface area contributed by atoms with Crippen molar-refractivity contribution in [2.24, 2.45) is 18.9 Å². The van der Waals surface area contributed by atoms with Crippen LogP contribution in [-0.4, -0.2) is 22.4 Å². The molecule has 1 saturated carbocycles. The summed E-state index contributed by atoms with van der Waals surface area (Å²) < 4.78 is 3.25. The molecule has 1 aliphatic rings. The van der Waals surface area contributed by atoms with Gasteiger partial charge in [0.05, 0.1) is 15.9 Å². The molecule has 0 amide bonds. The molecule has 0 bridgehead atoms. The standard InChI is InChI=1S/C16H28BrN3/c1-5-8-18-14-7-6-11(2)9-13(14)10-15-16(17)12(3)19-20(15)4/h11,13-14,18H,5-10H2,1-4H3. The topological polar surface area (TPSA) is 29.9 Å². The van der Waals surface area contributed by atoms with Crippen molar-refractivity contribution in [2.45, 2.75) is 58.9 Å². The Morgan fingerprint density at radius 1 is 1.40 bits per heavy atom. The van der Waals surface area contributed by atoms with E-state index in [1.165, 1.54) is 35.8 Å². The monoisotopic (exact) mass is 341 g/mol. The van der Waals surface area contributed by atoms with Crippen LogP contribution in [0.2, 0.25) is 0 Å². The van der Waals surface area contributed by atoms with Crippen LogP contribution in [0.1, 0.15) is 50.9 Å². The predicted molar refractivity (Wildman–Crippen MR) is 87.9 cm³/mol. The molecule has 1 aliphatic carbocycles. The third-order valence-electron chi connectivity index (χ3n) is 4.62. The summed E-state index contributed by atoms with van der Waals surface area (Å²) in [5.41, 5.74) is 2.45. The fourth-order valence-corrected chi connectivity index (χ4v) is 3.97. The molecule has 3 unspecified atom stereocenters. The summed E-state index contributed by atoms with van der Waals surface area (Å²) in [7, 11) is 2.06. The highest BCUT2D eigenvalue weighted by molar-refractivity contribution is 9.10. The molecule has 114 valence electrons. The Labute approximate surface area is 131 Å². The van der Waals surface area contributed by atoms with Gasteiger partial charge in [-0.2, -0.15) is 5.10 Å². The van der Waals surface area contributed by atoms with Gasteiger partial charge in [0, 0.05) is 13.1 Å². The van der Waals surface area contributed by atoms with E-state index in [1.54, 1.807) is 0 Å². The van der Waals surface area contributed by atoms with E-state index in [4.69, 9.17) is 0 Å². The number of nitrogens with zero attached hydrogens (tertiary/aromatic N) is 2. The van der Waals surface area contributed by atoms with Crippen molar-refractivity contribution >= 4 is 15.9 Å². The molecule has 20 heavy (non-hydrogen) atoms. The lowest BCUT2D eigenvalue weighted by Crippen LogP contribution is -2.41. The lowest BCUT2D eigenvalue weighted by molar-refractivity contribution is 0.210. The number of nitrogens with one attached hydrogen (secondary N) is 1. The lowest BCUT2D eigenvalue weighted by Gasteiger charge is -2.35. The summed E-state index contributed by atoms with van der Waals surface area (Å²) in [5.74, 6) is 1.59. The maximum atomic E-state index is 4.53. The molecular weight excluding hydrogens is 314 g/mol. The van der Waals surface area contributed by atoms with E-state index in [1.807, 2.05) is 0 Å². The van der Waals surface area contributed by atoms with Gasteiger partial charge < -0.3 is 5.32 Å². The second kappa shape index (κ2) is 7.08. The van der Waals surface area contributed by atoms with E-state index in [-0.39, 0.29) is 0 Å². The van der Waals surface area contributed by atoms with Crippen LogP contribution >= 0.6 is 15.9 Å². The van der Waals surface area contributed by atoms with Crippen LogP contribution in [0, 0.1) is 18.8 Å². The van der Waals surface area contributed by atoms with Gasteiger partial charge in [0.2, 0.25) is 0 Å². The maximum absolute atomic E-state index is 4.53. The molecule has 0 aliphatic heterocycles.